The molecule has 1 amide bonds. The normalized spacial score (nSPS) is 19.8. The lowest BCUT2D eigenvalue weighted by atomic mass is 9.95. The number of carboxylic acids is 1. The molecular weight excluding hydrogens is 230 g/mol. The number of carboxylic acid groups (broad SMARTS) is 1. The molecule has 1 aliphatic heterocycles. The van der Waals surface area contributed by atoms with Crippen molar-refractivity contribution in [1.29, 1.82) is 0 Å². The molecule has 1 aromatic carbocycles. The fourth-order valence-electron chi connectivity index (χ4n) is 2.64. The average Bonchev–Trinajstić information content (AvgIpc) is 3.04. The first-order valence-electron chi connectivity index (χ1n) is 6.14. The first kappa shape index (κ1) is 11.3. The van der Waals surface area contributed by atoms with E-state index in [1.165, 1.54) is 0 Å². The average molecular weight is 245 g/mol. The number of carbonyl (C=O) groups is 2. The van der Waals surface area contributed by atoms with Crippen LogP contribution in [-0.2, 0) is 22.4 Å². The number of rotatable bonds is 3. The van der Waals surface area contributed by atoms with E-state index < -0.39 is 11.4 Å². The smallest absolute Gasteiger partial charge is 0.309 e. The largest absolute Gasteiger partial charge is 0.481 e. The third kappa shape index (κ3) is 1.60. The van der Waals surface area contributed by atoms with E-state index in [-0.39, 0.29) is 5.91 Å². The summed E-state index contributed by atoms with van der Waals surface area (Å²) in [6, 6.07) is 5.85. The minimum Gasteiger partial charge on any atom is -0.481 e. The van der Waals surface area contributed by atoms with Crippen LogP contribution < -0.4 is 4.90 Å². The van der Waals surface area contributed by atoms with Crippen LogP contribution in [0, 0.1) is 5.41 Å². The molecule has 0 spiro atoms. The Balaban J connectivity index is 1.87. The minimum atomic E-state index is -0.698. The highest BCUT2D eigenvalue weighted by Gasteiger charge is 2.50. The predicted molar refractivity (Wildman–Crippen MR) is 66.6 cm³/mol. The molecule has 0 radical (unpaired) electrons. The fourth-order valence-corrected chi connectivity index (χ4v) is 2.64. The molecule has 1 fully saturated rings. The third-order valence-electron chi connectivity index (χ3n) is 4.07. The summed E-state index contributed by atoms with van der Waals surface area (Å²) in [5, 5.41) is 9.18. The molecular formula is C14H15NO3. The van der Waals surface area contributed by atoms with Crippen LogP contribution in [0.4, 0.5) is 5.69 Å². The summed E-state index contributed by atoms with van der Waals surface area (Å²) in [5.74, 6) is -0.599. The van der Waals surface area contributed by atoms with E-state index in [0.717, 1.165) is 29.7 Å². The number of anilines is 1. The number of hydrogen-bond donors (Lipinski definition) is 1. The quantitative estimate of drug-likeness (QED) is 0.880. The molecule has 3 rings (SSSR count). The van der Waals surface area contributed by atoms with Crippen LogP contribution in [0.1, 0.15) is 24.0 Å². The van der Waals surface area contributed by atoms with Crippen molar-refractivity contribution in [3.8, 4) is 0 Å². The second-order valence-corrected chi connectivity index (χ2v) is 5.35. The molecule has 4 nitrogen and oxygen atoms in total. The zero-order valence-corrected chi connectivity index (χ0v) is 10.3. The fraction of sp³-hybridized carbons (Fsp3) is 0.429. The standard InChI is InChI=1S/C14H15NO3/c1-15-11-3-2-9(6-10(11)7-12(15)16)8-14(4-5-14)13(17)18/h2-3,6H,4-5,7-8H2,1H3,(H,17,18). The van der Waals surface area contributed by atoms with Gasteiger partial charge < -0.3 is 10.0 Å². The van der Waals surface area contributed by atoms with Crippen LogP contribution in [-0.4, -0.2) is 24.0 Å². The van der Waals surface area contributed by atoms with Crippen LogP contribution in [0.3, 0.4) is 0 Å². The molecule has 2 aliphatic rings. The summed E-state index contributed by atoms with van der Waals surface area (Å²) in [4.78, 5) is 24.4. The molecule has 0 bridgehead atoms. The lowest BCUT2D eigenvalue weighted by Gasteiger charge is -2.12. The molecule has 94 valence electrons. The van der Waals surface area contributed by atoms with Crippen molar-refractivity contribution in [1.82, 2.24) is 0 Å². The van der Waals surface area contributed by atoms with Gasteiger partial charge in [0.1, 0.15) is 0 Å². The Kier molecular flexibility index (Phi) is 2.24. The number of hydrogen-bond acceptors (Lipinski definition) is 2. The van der Waals surface area contributed by atoms with E-state index in [0.29, 0.717) is 12.8 Å². The number of benzene rings is 1. The second kappa shape index (κ2) is 3.57. The molecule has 0 atom stereocenters. The lowest BCUT2D eigenvalue weighted by molar-refractivity contribution is -0.143. The van der Waals surface area contributed by atoms with E-state index in [2.05, 4.69) is 0 Å². The van der Waals surface area contributed by atoms with Gasteiger partial charge in [-0.2, -0.15) is 0 Å². The highest BCUT2D eigenvalue weighted by atomic mass is 16.4. The topological polar surface area (TPSA) is 57.6 Å². The van der Waals surface area contributed by atoms with Crippen molar-refractivity contribution in [2.75, 3.05) is 11.9 Å². The van der Waals surface area contributed by atoms with Gasteiger partial charge in [0.05, 0.1) is 11.8 Å². The summed E-state index contributed by atoms with van der Waals surface area (Å²) in [7, 11) is 1.77. The van der Waals surface area contributed by atoms with Crippen LogP contribution in [0.15, 0.2) is 18.2 Å². The van der Waals surface area contributed by atoms with Gasteiger partial charge >= 0.3 is 5.97 Å². The van der Waals surface area contributed by atoms with Gasteiger partial charge in [-0.1, -0.05) is 12.1 Å². The molecule has 1 heterocycles. The summed E-state index contributed by atoms with van der Waals surface area (Å²) in [5.41, 5.74) is 2.45. The number of carbonyl (C=O) groups excluding carboxylic acids is 1. The molecule has 0 aromatic heterocycles. The molecule has 0 saturated heterocycles. The van der Waals surface area contributed by atoms with Crippen molar-refractivity contribution >= 4 is 17.6 Å². The summed E-state index contributed by atoms with van der Waals surface area (Å²) < 4.78 is 0. The van der Waals surface area contributed by atoms with E-state index in [1.54, 1.807) is 11.9 Å². The van der Waals surface area contributed by atoms with Crippen LogP contribution in [0.25, 0.3) is 0 Å². The van der Waals surface area contributed by atoms with Gasteiger partial charge in [0.2, 0.25) is 5.91 Å². The Bertz CT molecular complexity index is 546. The zero-order valence-electron chi connectivity index (χ0n) is 10.3. The number of amides is 1. The van der Waals surface area contributed by atoms with Crippen LogP contribution >= 0.6 is 0 Å². The summed E-state index contributed by atoms with van der Waals surface area (Å²) in [6.45, 7) is 0. The maximum atomic E-state index is 11.6. The molecule has 4 heteroatoms. The maximum absolute atomic E-state index is 11.6. The molecule has 18 heavy (non-hydrogen) atoms. The highest BCUT2D eigenvalue weighted by molar-refractivity contribution is 6.00. The van der Waals surface area contributed by atoms with Gasteiger partial charge in [0, 0.05) is 12.7 Å². The Morgan fingerprint density at radius 1 is 1.44 bits per heavy atom. The zero-order chi connectivity index (χ0) is 12.9. The number of aliphatic carboxylic acids is 1. The van der Waals surface area contributed by atoms with Crippen molar-refractivity contribution in [3.63, 3.8) is 0 Å². The summed E-state index contributed by atoms with van der Waals surface area (Å²) >= 11 is 0. The van der Waals surface area contributed by atoms with Gasteiger partial charge in [-0.05, 0) is 36.5 Å². The van der Waals surface area contributed by atoms with E-state index in [9.17, 15) is 14.7 Å². The third-order valence-corrected chi connectivity index (χ3v) is 4.07. The molecule has 1 aliphatic carbocycles. The lowest BCUT2D eigenvalue weighted by Crippen LogP contribution is -2.20. The first-order chi connectivity index (χ1) is 8.52. The molecule has 0 unspecified atom stereocenters. The molecule has 1 saturated carbocycles. The molecule has 1 N–H and O–H groups in total. The number of nitrogens with zero attached hydrogens (tertiary/aromatic N) is 1. The van der Waals surface area contributed by atoms with Gasteiger partial charge in [0.15, 0.2) is 0 Å². The van der Waals surface area contributed by atoms with Crippen molar-refractivity contribution in [3.05, 3.63) is 29.3 Å². The monoisotopic (exact) mass is 245 g/mol. The SMILES string of the molecule is CN1C(=O)Cc2cc(CC3(C(=O)O)CC3)ccc21. The van der Waals surface area contributed by atoms with Crippen LogP contribution in [0.2, 0.25) is 0 Å². The van der Waals surface area contributed by atoms with E-state index in [4.69, 9.17) is 0 Å². The Morgan fingerprint density at radius 3 is 2.78 bits per heavy atom. The van der Waals surface area contributed by atoms with E-state index >= 15 is 0 Å². The van der Waals surface area contributed by atoms with Gasteiger partial charge in [0.25, 0.3) is 0 Å². The minimum absolute atomic E-state index is 0.0986. The van der Waals surface area contributed by atoms with Crippen LogP contribution in [0.5, 0.6) is 0 Å². The molecule has 1 aromatic rings. The number of likely N-dealkylation sites (N-methyl/N-ethyl adjacent to an activating group) is 1. The predicted octanol–water partition coefficient (Wildman–Crippen LogP) is 1.61. The Morgan fingerprint density at radius 2 is 2.17 bits per heavy atom. The van der Waals surface area contributed by atoms with Gasteiger partial charge in [-0.3, -0.25) is 9.59 Å². The van der Waals surface area contributed by atoms with Gasteiger partial charge in [-0.15, -0.1) is 0 Å². The van der Waals surface area contributed by atoms with E-state index in [1.807, 2.05) is 18.2 Å². The van der Waals surface area contributed by atoms with Crippen molar-refractivity contribution in [2.24, 2.45) is 5.41 Å². The Hall–Kier alpha value is -1.84. The summed E-state index contributed by atoms with van der Waals surface area (Å²) in [6.07, 6.45) is 2.53. The first-order valence-corrected chi connectivity index (χ1v) is 6.14. The maximum Gasteiger partial charge on any atom is 0.309 e. The highest BCUT2D eigenvalue weighted by Crippen LogP contribution is 2.49. The van der Waals surface area contributed by atoms with Gasteiger partial charge in [-0.25, -0.2) is 0 Å². The Labute approximate surface area is 105 Å². The van der Waals surface area contributed by atoms with Crippen molar-refractivity contribution < 1.29 is 14.7 Å². The van der Waals surface area contributed by atoms with Crippen molar-refractivity contribution in [2.45, 2.75) is 25.7 Å². The number of fused-ring (bicyclic) bond motifs is 1. The second-order valence-electron chi connectivity index (χ2n) is 5.35.